The molecule has 2 rings (SSSR count). The van der Waals surface area contributed by atoms with Crippen molar-refractivity contribution in [2.45, 2.75) is 13.1 Å². The second-order valence-electron chi connectivity index (χ2n) is 4.31. The topological polar surface area (TPSA) is 87.5 Å². The molecule has 0 spiro atoms. The summed E-state index contributed by atoms with van der Waals surface area (Å²) in [4.78, 5) is 25.0. The highest BCUT2D eigenvalue weighted by molar-refractivity contribution is 7.16. The number of hydrogen-bond donors (Lipinski definition) is 2. The smallest absolute Gasteiger partial charge is 0.325 e. The van der Waals surface area contributed by atoms with Crippen molar-refractivity contribution < 1.29 is 14.7 Å². The van der Waals surface area contributed by atoms with Crippen molar-refractivity contribution in [3.05, 3.63) is 33.7 Å². The maximum atomic E-state index is 12.0. The second kappa shape index (κ2) is 6.59. The Hall–Kier alpha value is -2.06. The van der Waals surface area contributed by atoms with Crippen LogP contribution < -0.4 is 5.32 Å². The number of carbonyl (C=O) groups excluding carboxylic acids is 1. The summed E-state index contributed by atoms with van der Waals surface area (Å²) in [5.41, 5.74) is 0.442. The minimum atomic E-state index is -0.998. The van der Waals surface area contributed by atoms with E-state index in [0.717, 1.165) is 4.88 Å². The molecule has 9 heteroatoms. The number of carbonyl (C=O) groups is 2. The van der Waals surface area contributed by atoms with E-state index in [1.54, 1.807) is 13.1 Å². The third-order valence-corrected chi connectivity index (χ3v) is 3.77. The van der Waals surface area contributed by atoms with Crippen LogP contribution in [0.25, 0.3) is 0 Å². The van der Waals surface area contributed by atoms with Gasteiger partial charge in [-0.25, -0.2) is 4.79 Å². The predicted octanol–water partition coefficient (Wildman–Crippen LogP) is 2.35. The number of thiophene rings is 1. The molecule has 0 saturated heterocycles. The van der Waals surface area contributed by atoms with Crippen LogP contribution in [0.15, 0.2) is 24.5 Å². The number of hydrogen-bond acceptors (Lipinski definition) is 4. The van der Waals surface area contributed by atoms with E-state index in [9.17, 15) is 9.59 Å². The van der Waals surface area contributed by atoms with Crippen LogP contribution in [0.3, 0.4) is 0 Å². The van der Waals surface area contributed by atoms with Gasteiger partial charge in [-0.3, -0.25) is 9.48 Å². The van der Waals surface area contributed by atoms with Gasteiger partial charge in [-0.2, -0.15) is 5.10 Å². The number of amides is 2. The highest BCUT2D eigenvalue weighted by Crippen LogP contribution is 2.22. The summed E-state index contributed by atoms with van der Waals surface area (Å²) in [7, 11) is 1.66. The summed E-state index contributed by atoms with van der Waals surface area (Å²) in [6, 6.07) is 3.33. The quantitative estimate of drug-likeness (QED) is 0.882. The SMILES string of the molecule is CN(Cc1ccc(Cl)s1)C(=O)Nc1cnn(CC(=O)O)c1. The molecule has 0 aromatic carbocycles. The molecule has 0 saturated carbocycles. The summed E-state index contributed by atoms with van der Waals surface area (Å²) in [5, 5.41) is 15.1. The monoisotopic (exact) mass is 328 g/mol. The van der Waals surface area contributed by atoms with Gasteiger partial charge in [0.2, 0.25) is 0 Å². The van der Waals surface area contributed by atoms with Crippen molar-refractivity contribution >= 4 is 40.6 Å². The third kappa shape index (κ3) is 4.47. The molecule has 2 N–H and O–H groups in total. The number of urea groups is 1. The lowest BCUT2D eigenvalue weighted by atomic mass is 10.4. The first-order chi connectivity index (χ1) is 9.94. The van der Waals surface area contributed by atoms with Crippen LogP contribution in [0, 0.1) is 0 Å². The fraction of sp³-hybridized carbons (Fsp3) is 0.250. The van der Waals surface area contributed by atoms with Gasteiger partial charge in [0.05, 0.1) is 22.8 Å². The fourth-order valence-corrected chi connectivity index (χ4v) is 2.76. The first-order valence-corrected chi connectivity index (χ1v) is 7.14. The summed E-state index contributed by atoms with van der Waals surface area (Å²) >= 11 is 7.25. The van der Waals surface area contributed by atoms with Crippen LogP contribution in [0.2, 0.25) is 4.34 Å². The summed E-state index contributed by atoms with van der Waals surface area (Å²) in [5.74, 6) is -0.998. The van der Waals surface area contributed by atoms with E-state index in [2.05, 4.69) is 10.4 Å². The molecule has 112 valence electrons. The molecule has 0 radical (unpaired) electrons. The van der Waals surface area contributed by atoms with Crippen molar-refractivity contribution in [3.8, 4) is 0 Å². The molecule has 0 atom stereocenters. The van der Waals surface area contributed by atoms with E-state index in [4.69, 9.17) is 16.7 Å². The fourth-order valence-electron chi connectivity index (χ4n) is 1.61. The molecular formula is C12H13ClN4O3S. The molecule has 2 amide bonds. The molecule has 2 aromatic rings. The van der Waals surface area contributed by atoms with Crippen LogP contribution in [0.1, 0.15) is 4.88 Å². The number of aromatic nitrogens is 2. The normalized spacial score (nSPS) is 10.4. The van der Waals surface area contributed by atoms with Crippen LogP contribution >= 0.6 is 22.9 Å². The van der Waals surface area contributed by atoms with E-state index in [-0.39, 0.29) is 12.6 Å². The molecule has 0 aliphatic carbocycles. The zero-order chi connectivity index (χ0) is 15.4. The molecule has 7 nitrogen and oxygen atoms in total. The highest BCUT2D eigenvalue weighted by Gasteiger charge is 2.12. The predicted molar refractivity (Wildman–Crippen MR) is 79.7 cm³/mol. The maximum absolute atomic E-state index is 12.0. The average molecular weight is 329 g/mol. The van der Waals surface area contributed by atoms with Gasteiger partial charge in [-0.1, -0.05) is 11.6 Å². The molecule has 0 bridgehead atoms. The Kier molecular flexibility index (Phi) is 4.81. The van der Waals surface area contributed by atoms with Gasteiger partial charge in [-0.15, -0.1) is 11.3 Å². The molecule has 21 heavy (non-hydrogen) atoms. The first kappa shape index (κ1) is 15.3. The minimum absolute atomic E-state index is 0.251. The van der Waals surface area contributed by atoms with E-state index >= 15 is 0 Å². The molecular weight excluding hydrogens is 316 g/mol. The van der Waals surface area contributed by atoms with Crippen molar-refractivity contribution in [3.63, 3.8) is 0 Å². The van der Waals surface area contributed by atoms with Crippen molar-refractivity contribution in [2.24, 2.45) is 0 Å². The van der Waals surface area contributed by atoms with Crippen LogP contribution in [0.4, 0.5) is 10.5 Å². The van der Waals surface area contributed by atoms with E-state index in [1.165, 1.54) is 33.3 Å². The van der Waals surface area contributed by atoms with Gasteiger partial charge in [0.25, 0.3) is 0 Å². The number of aliphatic carboxylic acids is 1. The average Bonchev–Trinajstić information content (AvgIpc) is 2.98. The van der Waals surface area contributed by atoms with Gasteiger partial charge >= 0.3 is 12.0 Å². The minimum Gasteiger partial charge on any atom is -0.480 e. The summed E-state index contributed by atoms with van der Waals surface area (Å²) in [6.07, 6.45) is 2.86. The number of halogens is 1. The molecule has 2 aromatic heterocycles. The number of nitrogens with one attached hydrogen (secondary N) is 1. The zero-order valence-electron chi connectivity index (χ0n) is 11.1. The Morgan fingerprint density at radius 2 is 2.29 bits per heavy atom. The highest BCUT2D eigenvalue weighted by atomic mass is 35.5. The van der Waals surface area contributed by atoms with Crippen molar-refractivity contribution in [2.75, 3.05) is 12.4 Å². The Balaban J connectivity index is 1.91. The number of carboxylic acid groups (broad SMARTS) is 1. The lowest BCUT2D eigenvalue weighted by Crippen LogP contribution is -2.30. The van der Waals surface area contributed by atoms with Crippen molar-refractivity contribution in [1.29, 1.82) is 0 Å². The van der Waals surface area contributed by atoms with Crippen LogP contribution in [-0.2, 0) is 17.9 Å². The zero-order valence-corrected chi connectivity index (χ0v) is 12.7. The van der Waals surface area contributed by atoms with Crippen LogP contribution in [0.5, 0.6) is 0 Å². The molecule has 2 heterocycles. The number of rotatable bonds is 5. The molecule has 0 fully saturated rings. The van der Waals surface area contributed by atoms with Gasteiger partial charge in [0.1, 0.15) is 6.54 Å². The Morgan fingerprint density at radius 3 is 2.90 bits per heavy atom. The number of nitrogens with zero attached hydrogens (tertiary/aromatic N) is 3. The van der Waals surface area contributed by atoms with Gasteiger partial charge in [0.15, 0.2) is 0 Å². The maximum Gasteiger partial charge on any atom is 0.325 e. The standard InChI is InChI=1S/C12H13ClN4O3S/c1-16(6-9-2-3-10(13)21-9)12(20)15-8-4-14-17(5-8)7-11(18)19/h2-5H,6-7H2,1H3,(H,15,20)(H,18,19). The van der Waals surface area contributed by atoms with Gasteiger partial charge in [0, 0.05) is 18.1 Å². The summed E-state index contributed by atoms with van der Waals surface area (Å²) in [6.45, 7) is 0.186. The van der Waals surface area contributed by atoms with E-state index < -0.39 is 5.97 Å². The molecule has 0 aliphatic rings. The molecule has 0 aliphatic heterocycles. The molecule has 0 unspecified atom stereocenters. The Morgan fingerprint density at radius 1 is 1.52 bits per heavy atom. The second-order valence-corrected chi connectivity index (χ2v) is 6.11. The lowest BCUT2D eigenvalue weighted by molar-refractivity contribution is -0.137. The number of carboxylic acids is 1. The van der Waals surface area contributed by atoms with Crippen molar-refractivity contribution in [1.82, 2.24) is 14.7 Å². The Labute approximate surface area is 129 Å². The lowest BCUT2D eigenvalue weighted by Gasteiger charge is -2.16. The first-order valence-electron chi connectivity index (χ1n) is 5.94. The van der Waals surface area contributed by atoms with Gasteiger partial charge in [-0.05, 0) is 12.1 Å². The third-order valence-electron chi connectivity index (χ3n) is 2.55. The van der Waals surface area contributed by atoms with E-state index in [0.29, 0.717) is 16.6 Å². The summed E-state index contributed by atoms with van der Waals surface area (Å²) < 4.78 is 1.91. The number of anilines is 1. The van der Waals surface area contributed by atoms with Gasteiger partial charge < -0.3 is 15.3 Å². The van der Waals surface area contributed by atoms with Crippen LogP contribution in [-0.4, -0.2) is 38.8 Å². The Bertz CT molecular complexity index is 654. The largest absolute Gasteiger partial charge is 0.480 e. The van der Waals surface area contributed by atoms with E-state index in [1.807, 2.05) is 6.07 Å².